The highest BCUT2D eigenvalue weighted by Gasteiger charge is 1.94. The van der Waals surface area contributed by atoms with E-state index in [4.69, 9.17) is 0 Å². The Bertz CT molecular complexity index is 325. The van der Waals surface area contributed by atoms with Crippen LogP contribution in [0.15, 0.2) is 24.3 Å². The third-order valence-electron chi connectivity index (χ3n) is 1.94. The minimum atomic E-state index is 0.533. The van der Waals surface area contributed by atoms with E-state index in [0.717, 1.165) is 12.1 Å². The number of hydrogen-bond donors (Lipinski definition) is 1. The monoisotopic (exact) mass is 217 g/mol. The van der Waals surface area contributed by atoms with Gasteiger partial charge in [0.1, 0.15) is 0 Å². The number of hydrogen-bond acceptors (Lipinski definition) is 1. The van der Waals surface area contributed by atoms with Crippen LogP contribution in [0.1, 0.15) is 45.7 Å². The maximum absolute atomic E-state index is 3.38. The quantitative estimate of drug-likeness (QED) is 0.763. The van der Waals surface area contributed by atoms with Crippen molar-refractivity contribution in [3.05, 3.63) is 35.4 Å². The molecule has 0 fully saturated rings. The molecule has 0 saturated heterocycles. The molecule has 0 amide bonds. The lowest BCUT2D eigenvalue weighted by Crippen LogP contribution is -2.21. The fraction of sp³-hybridized carbons (Fsp3) is 0.467. The van der Waals surface area contributed by atoms with Gasteiger partial charge in [-0.15, -0.1) is 5.92 Å². The number of nitrogens with one attached hydrogen (secondary N) is 1. The second kappa shape index (κ2) is 9.00. The zero-order valence-corrected chi connectivity index (χ0v) is 11.1. The zero-order valence-electron chi connectivity index (χ0n) is 11.1. The molecule has 0 aliphatic heterocycles. The van der Waals surface area contributed by atoms with E-state index in [1.807, 2.05) is 20.8 Å². The lowest BCUT2D eigenvalue weighted by molar-refractivity contribution is 0.589. The summed E-state index contributed by atoms with van der Waals surface area (Å²) in [5, 5.41) is 3.38. The van der Waals surface area contributed by atoms with Gasteiger partial charge in [-0.3, -0.25) is 0 Å². The second-order valence-corrected chi connectivity index (χ2v) is 3.61. The van der Waals surface area contributed by atoms with E-state index in [1.165, 1.54) is 5.56 Å². The summed E-state index contributed by atoms with van der Waals surface area (Å²) in [6, 6.07) is 8.90. The molecule has 1 N–H and O–H groups in total. The van der Waals surface area contributed by atoms with E-state index in [1.54, 1.807) is 0 Å². The Balaban J connectivity index is 0.00000106. The summed E-state index contributed by atoms with van der Waals surface area (Å²) in [5.41, 5.74) is 2.39. The molecule has 0 aliphatic rings. The fourth-order valence-electron chi connectivity index (χ4n) is 1.17. The van der Waals surface area contributed by atoms with Crippen molar-refractivity contribution >= 4 is 0 Å². The Hall–Kier alpha value is -1.26. The van der Waals surface area contributed by atoms with E-state index >= 15 is 0 Å². The first-order chi connectivity index (χ1) is 7.72. The first kappa shape index (κ1) is 14.7. The predicted octanol–water partition coefficient (Wildman–Crippen LogP) is 3.58. The highest BCUT2D eigenvalue weighted by Crippen LogP contribution is 2.03. The number of rotatable bonds is 3. The van der Waals surface area contributed by atoms with Crippen molar-refractivity contribution in [2.24, 2.45) is 0 Å². The molecule has 0 heterocycles. The Morgan fingerprint density at radius 3 is 2.12 bits per heavy atom. The third kappa shape index (κ3) is 6.27. The van der Waals surface area contributed by atoms with Gasteiger partial charge in [0.05, 0.1) is 0 Å². The van der Waals surface area contributed by atoms with Gasteiger partial charge in [-0.1, -0.05) is 45.7 Å². The average molecular weight is 217 g/mol. The van der Waals surface area contributed by atoms with Gasteiger partial charge in [0.2, 0.25) is 0 Å². The van der Waals surface area contributed by atoms with Crippen molar-refractivity contribution in [2.45, 2.75) is 47.2 Å². The summed E-state index contributed by atoms with van der Waals surface area (Å²) in [6.07, 6.45) is 0. The Morgan fingerprint density at radius 1 is 1.12 bits per heavy atom. The first-order valence-electron chi connectivity index (χ1n) is 5.97. The maximum Gasteiger partial charge on any atom is 0.0245 e. The van der Waals surface area contributed by atoms with Crippen LogP contribution < -0.4 is 5.32 Å². The smallest absolute Gasteiger partial charge is 0.0245 e. The van der Waals surface area contributed by atoms with E-state index in [-0.39, 0.29) is 0 Å². The fourth-order valence-corrected chi connectivity index (χ4v) is 1.17. The second-order valence-electron chi connectivity index (χ2n) is 3.61. The molecule has 1 heteroatoms. The van der Waals surface area contributed by atoms with Gasteiger partial charge in [0.25, 0.3) is 0 Å². The predicted molar refractivity (Wildman–Crippen MR) is 72.3 cm³/mol. The van der Waals surface area contributed by atoms with Crippen molar-refractivity contribution in [3.63, 3.8) is 0 Å². The van der Waals surface area contributed by atoms with Crippen molar-refractivity contribution in [1.82, 2.24) is 5.32 Å². The molecule has 1 rings (SSSR count). The average Bonchev–Trinajstić information content (AvgIpc) is 2.31. The molecule has 88 valence electrons. The van der Waals surface area contributed by atoms with Gasteiger partial charge in [0, 0.05) is 18.2 Å². The zero-order chi connectivity index (χ0) is 12.4. The molecule has 0 atom stereocenters. The molecule has 1 aromatic rings. The molecule has 0 saturated carbocycles. The van der Waals surface area contributed by atoms with Gasteiger partial charge in [0.15, 0.2) is 0 Å². The standard InChI is InChI=1S/C13H17N.C2H6/c1-4-5-12-6-8-13(9-7-12)10-14-11(2)3;1-2/h6-9,11,14H,10H2,1-3H3;1-2H3. The van der Waals surface area contributed by atoms with Gasteiger partial charge in [-0.2, -0.15) is 0 Å². The van der Waals surface area contributed by atoms with Crippen molar-refractivity contribution < 1.29 is 0 Å². The molecular formula is C15H23N. The van der Waals surface area contributed by atoms with Crippen molar-refractivity contribution in [3.8, 4) is 11.8 Å². The van der Waals surface area contributed by atoms with Crippen LogP contribution in [0, 0.1) is 11.8 Å². The molecule has 0 bridgehead atoms. The van der Waals surface area contributed by atoms with Crippen LogP contribution in [-0.2, 0) is 6.54 Å². The highest BCUT2D eigenvalue weighted by molar-refractivity contribution is 5.35. The highest BCUT2D eigenvalue weighted by atomic mass is 14.9. The molecule has 0 radical (unpaired) electrons. The summed E-state index contributed by atoms with van der Waals surface area (Å²) in [4.78, 5) is 0. The van der Waals surface area contributed by atoms with Crippen LogP contribution in [0.25, 0.3) is 0 Å². The number of benzene rings is 1. The molecule has 0 aromatic heterocycles. The topological polar surface area (TPSA) is 12.0 Å². The van der Waals surface area contributed by atoms with Gasteiger partial charge >= 0.3 is 0 Å². The Labute approximate surface area is 100 Å². The third-order valence-corrected chi connectivity index (χ3v) is 1.94. The van der Waals surface area contributed by atoms with E-state index < -0.39 is 0 Å². The van der Waals surface area contributed by atoms with Gasteiger partial charge in [-0.05, 0) is 24.6 Å². The van der Waals surface area contributed by atoms with Crippen LogP contribution in [0.3, 0.4) is 0 Å². The molecule has 16 heavy (non-hydrogen) atoms. The van der Waals surface area contributed by atoms with E-state index in [0.29, 0.717) is 6.04 Å². The van der Waals surface area contributed by atoms with Crippen LogP contribution in [0.5, 0.6) is 0 Å². The van der Waals surface area contributed by atoms with Crippen LogP contribution >= 0.6 is 0 Å². The largest absolute Gasteiger partial charge is 0.310 e. The minimum Gasteiger partial charge on any atom is -0.310 e. The first-order valence-corrected chi connectivity index (χ1v) is 5.97. The molecule has 0 unspecified atom stereocenters. The van der Waals surface area contributed by atoms with Crippen LogP contribution in [0.4, 0.5) is 0 Å². The summed E-state index contributed by atoms with van der Waals surface area (Å²) in [7, 11) is 0. The summed E-state index contributed by atoms with van der Waals surface area (Å²) >= 11 is 0. The van der Waals surface area contributed by atoms with Gasteiger partial charge in [-0.25, -0.2) is 0 Å². The van der Waals surface area contributed by atoms with E-state index in [2.05, 4.69) is 55.3 Å². The maximum atomic E-state index is 3.38. The molecule has 1 nitrogen and oxygen atoms in total. The Morgan fingerprint density at radius 2 is 1.69 bits per heavy atom. The van der Waals surface area contributed by atoms with Crippen molar-refractivity contribution in [1.29, 1.82) is 0 Å². The minimum absolute atomic E-state index is 0.533. The normalized spacial score (nSPS) is 8.88. The summed E-state index contributed by atoms with van der Waals surface area (Å²) in [5.74, 6) is 5.92. The SMILES string of the molecule is CC.CC#Cc1ccc(CNC(C)C)cc1. The summed E-state index contributed by atoms with van der Waals surface area (Å²) in [6.45, 7) is 11.1. The lowest BCUT2D eigenvalue weighted by atomic mass is 10.1. The lowest BCUT2D eigenvalue weighted by Gasteiger charge is -2.07. The molecule has 1 aromatic carbocycles. The van der Waals surface area contributed by atoms with E-state index in [9.17, 15) is 0 Å². The van der Waals surface area contributed by atoms with Crippen LogP contribution in [0.2, 0.25) is 0 Å². The van der Waals surface area contributed by atoms with Gasteiger partial charge < -0.3 is 5.32 Å². The van der Waals surface area contributed by atoms with Crippen LogP contribution in [-0.4, -0.2) is 6.04 Å². The molecule has 0 aliphatic carbocycles. The van der Waals surface area contributed by atoms with Crippen molar-refractivity contribution in [2.75, 3.05) is 0 Å². The molecule has 0 spiro atoms. The molecular weight excluding hydrogens is 194 g/mol. The summed E-state index contributed by atoms with van der Waals surface area (Å²) < 4.78 is 0. The Kier molecular flexibility index (Phi) is 8.29.